The number of pyridine rings is 1. The molecule has 152 valence electrons. The van der Waals surface area contributed by atoms with Gasteiger partial charge in [-0.15, -0.1) is 0 Å². The standard InChI is InChI=1S/C22H20N4O3S/c1-12-8-13(2)19-16(24-30-18(19)9-12)11-25-17-4-3-7-23-20(17)21(28)26(22(25)29)14-5-6-15(27)10-14/h3-4,6-9,14,27H,5,10-11H2,1-2H3. The van der Waals surface area contributed by atoms with E-state index in [1.54, 1.807) is 29.0 Å². The monoisotopic (exact) mass is 420 g/mol. The van der Waals surface area contributed by atoms with Gasteiger partial charge in [-0.05, 0) is 67.2 Å². The fraction of sp³-hybridized carbons (Fsp3) is 0.273. The van der Waals surface area contributed by atoms with E-state index in [1.165, 1.54) is 21.7 Å². The van der Waals surface area contributed by atoms with Crippen molar-refractivity contribution in [3.8, 4) is 0 Å². The van der Waals surface area contributed by atoms with Crippen molar-refractivity contribution in [2.24, 2.45) is 0 Å². The first-order chi connectivity index (χ1) is 14.4. The highest BCUT2D eigenvalue weighted by atomic mass is 32.1. The van der Waals surface area contributed by atoms with Gasteiger partial charge < -0.3 is 5.11 Å². The maximum absolute atomic E-state index is 13.5. The van der Waals surface area contributed by atoms with Gasteiger partial charge >= 0.3 is 5.69 Å². The zero-order chi connectivity index (χ0) is 21.0. The van der Waals surface area contributed by atoms with Crippen LogP contribution in [0.2, 0.25) is 0 Å². The summed E-state index contributed by atoms with van der Waals surface area (Å²) < 4.78 is 8.52. The van der Waals surface area contributed by atoms with Crippen molar-refractivity contribution in [3.63, 3.8) is 0 Å². The molecule has 3 heterocycles. The Kier molecular flexibility index (Phi) is 4.32. The molecule has 0 bridgehead atoms. The van der Waals surface area contributed by atoms with Crippen LogP contribution in [0.5, 0.6) is 0 Å². The maximum atomic E-state index is 13.5. The van der Waals surface area contributed by atoms with Crippen LogP contribution in [0, 0.1) is 13.8 Å². The highest BCUT2D eigenvalue weighted by molar-refractivity contribution is 7.13. The van der Waals surface area contributed by atoms with Crippen LogP contribution in [0.3, 0.4) is 0 Å². The van der Waals surface area contributed by atoms with E-state index in [2.05, 4.69) is 28.4 Å². The summed E-state index contributed by atoms with van der Waals surface area (Å²) in [4.78, 5) is 30.8. The van der Waals surface area contributed by atoms with Crippen LogP contribution >= 0.6 is 11.5 Å². The topological polar surface area (TPSA) is 90.0 Å². The van der Waals surface area contributed by atoms with Crippen molar-refractivity contribution in [2.75, 3.05) is 0 Å². The molecule has 0 radical (unpaired) electrons. The van der Waals surface area contributed by atoms with E-state index >= 15 is 0 Å². The van der Waals surface area contributed by atoms with Gasteiger partial charge in [0.1, 0.15) is 0 Å². The predicted molar refractivity (Wildman–Crippen MR) is 117 cm³/mol. The molecule has 0 saturated carbocycles. The van der Waals surface area contributed by atoms with Crippen LogP contribution < -0.4 is 11.2 Å². The summed E-state index contributed by atoms with van der Waals surface area (Å²) in [6.07, 6.45) is 3.92. The third-order valence-electron chi connectivity index (χ3n) is 5.67. The Bertz CT molecular complexity index is 1460. The summed E-state index contributed by atoms with van der Waals surface area (Å²) in [5.41, 5.74) is 3.00. The van der Waals surface area contributed by atoms with Crippen molar-refractivity contribution in [1.82, 2.24) is 18.5 Å². The molecule has 4 aromatic rings. The number of aliphatic hydroxyl groups excluding tert-OH is 1. The summed E-state index contributed by atoms with van der Waals surface area (Å²) in [5, 5.41) is 10.9. The number of aliphatic hydroxyl groups is 1. The van der Waals surface area contributed by atoms with E-state index in [-0.39, 0.29) is 24.2 Å². The van der Waals surface area contributed by atoms with Crippen LogP contribution in [0.25, 0.3) is 21.1 Å². The molecule has 0 spiro atoms. The molecule has 1 atom stereocenters. The van der Waals surface area contributed by atoms with Crippen molar-refractivity contribution in [2.45, 2.75) is 39.3 Å². The first-order valence-corrected chi connectivity index (χ1v) is 10.5. The quantitative estimate of drug-likeness (QED) is 0.547. The van der Waals surface area contributed by atoms with Crippen LogP contribution in [-0.2, 0) is 6.54 Å². The summed E-state index contributed by atoms with van der Waals surface area (Å²) in [6.45, 7) is 4.34. The number of fused-ring (bicyclic) bond motifs is 2. The fourth-order valence-corrected chi connectivity index (χ4v) is 5.31. The van der Waals surface area contributed by atoms with E-state index in [1.807, 2.05) is 6.92 Å². The molecular formula is C22H20N4O3S. The average molecular weight is 420 g/mol. The van der Waals surface area contributed by atoms with Gasteiger partial charge in [-0.3, -0.25) is 13.9 Å². The van der Waals surface area contributed by atoms with E-state index in [0.717, 1.165) is 21.3 Å². The Hall–Kier alpha value is -3.26. The lowest BCUT2D eigenvalue weighted by Gasteiger charge is -2.17. The lowest BCUT2D eigenvalue weighted by atomic mass is 10.1. The van der Waals surface area contributed by atoms with Gasteiger partial charge in [0.05, 0.1) is 34.3 Å². The third kappa shape index (κ3) is 2.87. The first-order valence-electron chi connectivity index (χ1n) is 9.77. The minimum atomic E-state index is -0.421. The highest BCUT2D eigenvalue weighted by Gasteiger charge is 2.25. The summed E-state index contributed by atoms with van der Waals surface area (Å²) in [5.74, 6) is 0.204. The zero-order valence-electron chi connectivity index (χ0n) is 16.6. The van der Waals surface area contributed by atoms with Gasteiger partial charge in [0.15, 0.2) is 5.52 Å². The lowest BCUT2D eigenvalue weighted by Crippen LogP contribution is -2.42. The van der Waals surface area contributed by atoms with Gasteiger partial charge in [0.25, 0.3) is 5.56 Å². The molecule has 1 aromatic carbocycles. The third-order valence-corrected chi connectivity index (χ3v) is 6.50. The van der Waals surface area contributed by atoms with E-state index in [0.29, 0.717) is 11.9 Å². The molecule has 1 N–H and O–H groups in total. The van der Waals surface area contributed by atoms with Crippen molar-refractivity contribution in [1.29, 1.82) is 0 Å². The minimum Gasteiger partial charge on any atom is -0.513 e. The Morgan fingerprint density at radius 3 is 2.87 bits per heavy atom. The zero-order valence-corrected chi connectivity index (χ0v) is 17.4. The van der Waals surface area contributed by atoms with Crippen molar-refractivity contribution < 1.29 is 5.11 Å². The van der Waals surface area contributed by atoms with Crippen LogP contribution in [0.15, 0.2) is 51.9 Å². The van der Waals surface area contributed by atoms with E-state index in [4.69, 9.17) is 0 Å². The number of nitrogens with zero attached hydrogens (tertiary/aromatic N) is 4. The Morgan fingerprint density at radius 1 is 1.27 bits per heavy atom. The van der Waals surface area contributed by atoms with Gasteiger partial charge in [0, 0.05) is 18.0 Å². The number of aryl methyl sites for hydroxylation is 2. The SMILES string of the molecule is Cc1cc(C)c2c(Cn3c(=O)n(C4CC=C(O)C4)c(=O)c4ncccc43)nsc2c1. The predicted octanol–water partition coefficient (Wildman–Crippen LogP) is 3.61. The number of hydrogen-bond donors (Lipinski definition) is 1. The second-order valence-corrected chi connectivity index (χ2v) is 8.59. The summed E-state index contributed by atoms with van der Waals surface area (Å²) in [6, 6.07) is 7.26. The van der Waals surface area contributed by atoms with Crippen LogP contribution in [0.1, 0.15) is 35.7 Å². The van der Waals surface area contributed by atoms with Gasteiger partial charge in [-0.25, -0.2) is 9.78 Å². The molecule has 30 heavy (non-hydrogen) atoms. The summed E-state index contributed by atoms with van der Waals surface area (Å²) in [7, 11) is 0. The van der Waals surface area contributed by atoms with Crippen LogP contribution in [0.4, 0.5) is 0 Å². The van der Waals surface area contributed by atoms with E-state index < -0.39 is 17.3 Å². The maximum Gasteiger partial charge on any atom is 0.332 e. The minimum absolute atomic E-state index is 0.204. The Labute approximate surface area is 175 Å². The Balaban J connectivity index is 1.74. The highest BCUT2D eigenvalue weighted by Crippen LogP contribution is 2.29. The largest absolute Gasteiger partial charge is 0.513 e. The lowest BCUT2D eigenvalue weighted by molar-refractivity contribution is 0.365. The second kappa shape index (κ2) is 6.91. The van der Waals surface area contributed by atoms with E-state index in [9.17, 15) is 14.7 Å². The molecule has 0 fully saturated rings. The molecule has 8 heteroatoms. The molecule has 0 saturated heterocycles. The normalized spacial score (nSPS) is 16.5. The van der Waals surface area contributed by atoms with Crippen molar-refractivity contribution >= 4 is 32.7 Å². The van der Waals surface area contributed by atoms with Gasteiger partial charge in [-0.1, -0.05) is 6.07 Å². The molecule has 1 aliphatic carbocycles. The van der Waals surface area contributed by atoms with Gasteiger partial charge in [-0.2, -0.15) is 4.37 Å². The number of hydrogen-bond acceptors (Lipinski definition) is 6. The average Bonchev–Trinajstić information content (AvgIpc) is 3.31. The molecule has 5 rings (SSSR count). The Morgan fingerprint density at radius 2 is 2.10 bits per heavy atom. The molecule has 1 aliphatic rings. The molecule has 0 aliphatic heterocycles. The summed E-state index contributed by atoms with van der Waals surface area (Å²) >= 11 is 1.41. The van der Waals surface area contributed by atoms with Crippen LogP contribution in [-0.4, -0.2) is 23.6 Å². The number of aromatic nitrogens is 4. The molecule has 7 nitrogen and oxygen atoms in total. The molecule has 1 unspecified atom stereocenters. The molecule has 3 aromatic heterocycles. The number of rotatable bonds is 3. The first kappa shape index (κ1) is 18.7. The fourth-order valence-electron chi connectivity index (χ4n) is 4.34. The van der Waals surface area contributed by atoms with Gasteiger partial charge in [0.2, 0.25) is 0 Å². The number of benzene rings is 1. The molecule has 0 amide bonds. The number of allylic oxidation sites excluding steroid dienone is 2. The second-order valence-electron chi connectivity index (χ2n) is 7.79. The molecular weight excluding hydrogens is 400 g/mol. The smallest absolute Gasteiger partial charge is 0.332 e. The van der Waals surface area contributed by atoms with Crippen molar-refractivity contribution in [3.05, 3.63) is 80.0 Å².